The quantitative estimate of drug-likeness (QED) is 0.774. The van der Waals surface area contributed by atoms with Crippen molar-refractivity contribution in [1.29, 1.82) is 0 Å². The summed E-state index contributed by atoms with van der Waals surface area (Å²) < 4.78 is 2.67. The van der Waals surface area contributed by atoms with Gasteiger partial charge in [0.1, 0.15) is 0 Å². The van der Waals surface area contributed by atoms with Crippen molar-refractivity contribution in [2.24, 2.45) is 20.0 Å². The summed E-state index contributed by atoms with van der Waals surface area (Å²) in [7, 11) is 3.23. The first-order chi connectivity index (χ1) is 11.5. The lowest BCUT2D eigenvalue weighted by Crippen LogP contribution is -2.39. The van der Waals surface area contributed by atoms with Gasteiger partial charge < -0.3 is 4.57 Å². The molecule has 5 nitrogen and oxygen atoms in total. The number of rotatable bonds is 5. The average Bonchev–Trinajstić information content (AvgIpc) is 3.04. The van der Waals surface area contributed by atoms with Gasteiger partial charge in [0.2, 0.25) is 0 Å². The van der Waals surface area contributed by atoms with Crippen LogP contribution in [0.5, 0.6) is 0 Å². The predicted molar refractivity (Wildman–Crippen MR) is 97.5 cm³/mol. The van der Waals surface area contributed by atoms with Gasteiger partial charge in [0.15, 0.2) is 0 Å². The highest BCUT2D eigenvalue weighted by Gasteiger charge is 2.23. The molecule has 0 aliphatic carbocycles. The Labute approximate surface area is 145 Å². The number of aryl methyl sites for hydroxylation is 1. The number of thioether (sulfide) groups is 1. The Morgan fingerprint density at radius 3 is 2.67 bits per heavy atom. The summed E-state index contributed by atoms with van der Waals surface area (Å²) >= 11 is 1.90. The topological polar surface area (TPSA) is 47.2 Å². The maximum Gasteiger partial charge on any atom is 0.330 e. The van der Waals surface area contributed by atoms with Gasteiger partial charge in [0.25, 0.3) is 5.56 Å². The molecular weight excluding hydrogens is 322 g/mol. The maximum absolute atomic E-state index is 12.2. The Balaban J connectivity index is 1.59. The van der Waals surface area contributed by atoms with Crippen LogP contribution in [-0.4, -0.2) is 32.9 Å². The molecule has 1 atom stereocenters. The Kier molecular flexibility index (Phi) is 5.26. The van der Waals surface area contributed by atoms with Crippen molar-refractivity contribution in [2.45, 2.75) is 17.9 Å². The smallest absolute Gasteiger partial charge is 0.303 e. The van der Waals surface area contributed by atoms with Crippen LogP contribution in [0.3, 0.4) is 0 Å². The lowest BCUT2D eigenvalue weighted by atomic mass is 10.2. The minimum Gasteiger partial charge on any atom is -0.303 e. The van der Waals surface area contributed by atoms with Gasteiger partial charge in [-0.3, -0.25) is 14.3 Å². The molecule has 1 aromatic carbocycles. The van der Waals surface area contributed by atoms with E-state index in [1.807, 2.05) is 17.8 Å². The van der Waals surface area contributed by atoms with E-state index in [1.165, 1.54) is 21.1 Å². The number of hydrogen-bond donors (Lipinski definition) is 0. The van der Waals surface area contributed by atoms with Gasteiger partial charge in [0.05, 0.1) is 0 Å². The third kappa shape index (κ3) is 3.82. The molecule has 0 unspecified atom stereocenters. The van der Waals surface area contributed by atoms with Crippen LogP contribution in [0.1, 0.15) is 12.0 Å². The highest BCUT2D eigenvalue weighted by molar-refractivity contribution is 7.99. The van der Waals surface area contributed by atoms with Crippen molar-refractivity contribution < 1.29 is 0 Å². The van der Waals surface area contributed by atoms with Gasteiger partial charge >= 0.3 is 5.69 Å². The zero-order valence-corrected chi connectivity index (χ0v) is 15.0. The Morgan fingerprint density at radius 2 is 1.92 bits per heavy atom. The predicted octanol–water partition coefficient (Wildman–Crippen LogP) is 1.70. The summed E-state index contributed by atoms with van der Waals surface area (Å²) in [5.41, 5.74) is 0.235. The molecule has 1 fully saturated rings. The molecule has 24 heavy (non-hydrogen) atoms. The minimum atomic E-state index is -0.276. The van der Waals surface area contributed by atoms with Crippen molar-refractivity contribution in [2.75, 3.05) is 18.8 Å². The molecule has 1 aliphatic rings. The van der Waals surface area contributed by atoms with Crippen molar-refractivity contribution >= 4 is 11.8 Å². The molecule has 1 aliphatic heterocycles. The highest BCUT2D eigenvalue weighted by atomic mass is 32.2. The molecule has 1 saturated heterocycles. The number of nitrogens with zero attached hydrogens (tertiary/aromatic N) is 3. The Hall–Kier alpha value is -1.79. The highest BCUT2D eigenvalue weighted by Crippen LogP contribution is 2.26. The molecule has 2 aromatic rings. The molecule has 0 bridgehead atoms. The van der Waals surface area contributed by atoms with Crippen LogP contribution in [0.25, 0.3) is 0 Å². The first kappa shape index (κ1) is 17.0. The van der Waals surface area contributed by atoms with Crippen LogP contribution in [-0.2, 0) is 20.6 Å². The largest absolute Gasteiger partial charge is 0.330 e. The lowest BCUT2D eigenvalue weighted by Gasteiger charge is -2.16. The van der Waals surface area contributed by atoms with E-state index in [-0.39, 0.29) is 11.2 Å². The summed E-state index contributed by atoms with van der Waals surface area (Å²) in [6.07, 6.45) is 2.84. The fourth-order valence-corrected chi connectivity index (χ4v) is 4.21. The summed E-state index contributed by atoms with van der Waals surface area (Å²) in [5.74, 6) is 1.75. The minimum absolute atomic E-state index is 0.180. The SMILES string of the molecule is Cn1cc(CN2CC[C@H](CSc3ccccc3)C2)c(=O)n(C)c1=O. The molecule has 2 heterocycles. The third-order valence-electron chi connectivity index (χ3n) is 4.51. The fourth-order valence-electron chi connectivity index (χ4n) is 3.16. The molecular formula is C18H23N3O2S. The standard InChI is InChI=1S/C18H23N3O2S/c1-19-11-15(17(22)20(2)18(19)23)12-21-9-8-14(10-21)13-24-16-6-4-3-5-7-16/h3-7,11,14H,8-10,12-13H2,1-2H3/t14-/m0/s1. The first-order valence-corrected chi connectivity index (χ1v) is 9.19. The van der Waals surface area contributed by atoms with Gasteiger partial charge in [-0.15, -0.1) is 11.8 Å². The van der Waals surface area contributed by atoms with E-state index in [9.17, 15) is 9.59 Å². The molecule has 6 heteroatoms. The fraction of sp³-hybridized carbons (Fsp3) is 0.444. The summed E-state index contributed by atoms with van der Waals surface area (Å²) in [6, 6.07) is 10.5. The van der Waals surface area contributed by atoms with Gasteiger partial charge in [-0.05, 0) is 31.0 Å². The van der Waals surface area contributed by atoms with E-state index in [2.05, 4.69) is 29.2 Å². The second-order valence-electron chi connectivity index (χ2n) is 6.43. The van der Waals surface area contributed by atoms with Crippen LogP contribution in [0.15, 0.2) is 51.0 Å². The zero-order valence-electron chi connectivity index (χ0n) is 14.1. The molecule has 0 spiro atoms. The van der Waals surface area contributed by atoms with Crippen molar-refractivity contribution in [1.82, 2.24) is 14.0 Å². The van der Waals surface area contributed by atoms with Crippen molar-refractivity contribution in [3.05, 3.63) is 62.9 Å². The second-order valence-corrected chi connectivity index (χ2v) is 7.52. The molecule has 0 radical (unpaired) electrons. The molecule has 128 valence electrons. The van der Waals surface area contributed by atoms with E-state index >= 15 is 0 Å². The van der Waals surface area contributed by atoms with Gasteiger partial charge in [-0.1, -0.05) is 18.2 Å². The number of hydrogen-bond acceptors (Lipinski definition) is 4. The van der Waals surface area contributed by atoms with Crippen molar-refractivity contribution in [3.8, 4) is 0 Å². The molecule has 3 rings (SSSR count). The van der Waals surface area contributed by atoms with E-state index in [0.29, 0.717) is 18.0 Å². The van der Waals surface area contributed by atoms with Crippen LogP contribution in [0.2, 0.25) is 0 Å². The first-order valence-electron chi connectivity index (χ1n) is 8.20. The third-order valence-corrected chi connectivity index (χ3v) is 5.75. The number of benzene rings is 1. The summed E-state index contributed by atoms with van der Waals surface area (Å²) in [5, 5.41) is 0. The Bertz CT molecular complexity index is 813. The molecule has 0 saturated carbocycles. The zero-order chi connectivity index (χ0) is 17.1. The van der Waals surface area contributed by atoms with Crippen LogP contribution in [0, 0.1) is 5.92 Å². The monoisotopic (exact) mass is 345 g/mol. The molecule has 0 N–H and O–H groups in total. The van der Waals surface area contributed by atoms with Gasteiger partial charge in [-0.2, -0.15) is 0 Å². The van der Waals surface area contributed by atoms with E-state index in [0.717, 1.165) is 25.3 Å². The van der Waals surface area contributed by atoms with E-state index in [4.69, 9.17) is 0 Å². The summed E-state index contributed by atoms with van der Waals surface area (Å²) in [4.78, 5) is 27.6. The van der Waals surface area contributed by atoms with Crippen LogP contribution >= 0.6 is 11.8 Å². The number of aromatic nitrogens is 2. The Morgan fingerprint density at radius 1 is 1.17 bits per heavy atom. The number of likely N-dealkylation sites (tertiary alicyclic amines) is 1. The van der Waals surface area contributed by atoms with E-state index in [1.54, 1.807) is 13.2 Å². The normalized spacial score (nSPS) is 18.2. The summed E-state index contributed by atoms with van der Waals surface area (Å²) in [6.45, 7) is 2.63. The van der Waals surface area contributed by atoms with Crippen molar-refractivity contribution in [3.63, 3.8) is 0 Å². The van der Waals surface area contributed by atoms with Gasteiger partial charge in [-0.25, -0.2) is 4.79 Å². The molecule has 1 aromatic heterocycles. The second kappa shape index (κ2) is 7.40. The maximum atomic E-state index is 12.2. The van der Waals surface area contributed by atoms with Crippen LogP contribution < -0.4 is 11.2 Å². The van der Waals surface area contributed by atoms with E-state index < -0.39 is 0 Å². The molecule has 0 amide bonds. The van der Waals surface area contributed by atoms with Gasteiger partial charge in [0, 0.05) is 49.6 Å². The average molecular weight is 345 g/mol. The lowest BCUT2D eigenvalue weighted by molar-refractivity contribution is 0.317. The van der Waals surface area contributed by atoms with Crippen LogP contribution in [0.4, 0.5) is 0 Å².